The van der Waals surface area contributed by atoms with E-state index in [0.29, 0.717) is 26.2 Å². The number of ether oxygens (including phenoxy) is 1. The third-order valence-electron chi connectivity index (χ3n) is 3.45. The minimum absolute atomic E-state index is 0.00169. The smallest absolute Gasteiger partial charge is 0.317 e. The molecule has 1 aromatic rings. The van der Waals surface area contributed by atoms with E-state index in [1.807, 2.05) is 18.7 Å². The molecule has 7 nitrogen and oxygen atoms in total. The maximum absolute atomic E-state index is 12.1. The van der Waals surface area contributed by atoms with Crippen LogP contribution in [0.15, 0.2) is 18.5 Å². The maximum Gasteiger partial charge on any atom is 0.317 e. The van der Waals surface area contributed by atoms with Gasteiger partial charge in [0.1, 0.15) is 0 Å². The second-order valence-corrected chi connectivity index (χ2v) is 5.53. The predicted molar refractivity (Wildman–Crippen MR) is 84.9 cm³/mol. The van der Waals surface area contributed by atoms with Crippen LogP contribution in [-0.4, -0.2) is 66.3 Å². The molecule has 0 aromatic carbocycles. The number of hydrogen-bond donors (Lipinski definition) is 1. The lowest BCUT2D eigenvalue weighted by molar-refractivity contribution is 0.0771. The number of amides is 2. The van der Waals surface area contributed by atoms with E-state index in [1.165, 1.54) is 0 Å². The van der Waals surface area contributed by atoms with Gasteiger partial charge in [0.25, 0.3) is 0 Å². The largest absolute Gasteiger partial charge is 0.379 e. The van der Waals surface area contributed by atoms with E-state index in [-0.39, 0.29) is 12.1 Å². The van der Waals surface area contributed by atoms with Crippen LogP contribution in [0.4, 0.5) is 10.7 Å². The molecule has 2 rings (SSSR count). The molecular weight excluding hydrogens is 282 g/mol. The van der Waals surface area contributed by atoms with E-state index in [1.54, 1.807) is 18.5 Å². The van der Waals surface area contributed by atoms with Gasteiger partial charge in [-0.15, -0.1) is 0 Å². The molecule has 1 N–H and O–H groups in total. The van der Waals surface area contributed by atoms with Crippen molar-refractivity contribution in [3.8, 4) is 0 Å². The average Bonchev–Trinajstić information content (AvgIpc) is 2.55. The minimum atomic E-state index is -0.00169. The molecule has 0 saturated carbocycles. The number of aromatic nitrogens is 2. The number of hydrogen-bond acceptors (Lipinski definition) is 5. The van der Waals surface area contributed by atoms with Crippen LogP contribution in [0.2, 0.25) is 0 Å². The van der Waals surface area contributed by atoms with E-state index in [2.05, 4.69) is 20.2 Å². The number of anilines is 1. The second-order valence-electron chi connectivity index (χ2n) is 5.53. The highest BCUT2D eigenvalue weighted by atomic mass is 16.5. The highest BCUT2D eigenvalue weighted by Gasteiger charge is 2.21. The Balaban J connectivity index is 1.65. The first-order valence-electron chi connectivity index (χ1n) is 7.83. The number of urea groups is 1. The third-order valence-corrected chi connectivity index (χ3v) is 3.45. The number of rotatable bonds is 6. The highest BCUT2D eigenvalue weighted by Crippen LogP contribution is 2.09. The molecule has 22 heavy (non-hydrogen) atoms. The van der Waals surface area contributed by atoms with Gasteiger partial charge in [-0.25, -0.2) is 14.8 Å². The zero-order chi connectivity index (χ0) is 15.8. The van der Waals surface area contributed by atoms with Crippen molar-refractivity contribution >= 4 is 12.0 Å². The van der Waals surface area contributed by atoms with Gasteiger partial charge < -0.3 is 19.9 Å². The van der Waals surface area contributed by atoms with Crippen molar-refractivity contribution in [3.63, 3.8) is 0 Å². The van der Waals surface area contributed by atoms with E-state index in [9.17, 15) is 4.79 Å². The molecule has 1 aromatic heterocycles. The Labute approximate surface area is 131 Å². The summed E-state index contributed by atoms with van der Waals surface area (Å²) in [6, 6.07) is 1.80. The number of carbonyl (C=O) groups is 1. The topological polar surface area (TPSA) is 70.6 Å². The summed E-state index contributed by atoms with van der Waals surface area (Å²) < 4.78 is 5.45. The van der Waals surface area contributed by atoms with Crippen LogP contribution in [0, 0.1) is 0 Å². The normalized spacial score (nSPS) is 15.2. The van der Waals surface area contributed by atoms with Crippen LogP contribution in [0.3, 0.4) is 0 Å². The Morgan fingerprint density at radius 2 is 1.95 bits per heavy atom. The lowest BCUT2D eigenvalue weighted by Crippen LogP contribution is -2.52. The molecule has 2 heterocycles. The van der Waals surface area contributed by atoms with Gasteiger partial charge >= 0.3 is 6.03 Å². The molecule has 0 unspecified atom stereocenters. The van der Waals surface area contributed by atoms with Gasteiger partial charge in [0, 0.05) is 51.7 Å². The van der Waals surface area contributed by atoms with Crippen LogP contribution in [0.5, 0.6) is 0 Å². The second kappa shape index (κ2) is 8.53. The van der Waals surface area contributed by atoms with Crippen molar-refractivity contribution in [1.29, 1.82) is 0 Å². The fraction of sp³-hybridized carbons (Fsp3) is 0.667. The fourth-order valence-electron chi connectivity index (χ4n) is 2.26. The minimum Gasteiger partial charge on any atom is -0.379 e. The Morgan fingerprint density at radius 1 is 1.27 bits per heavy atom. The van der Waals surface area contributed by atoms with Crippen molar-refractivity contribution < 1.29 is 9.53 Å². The van der Waals surface area contributed by atoms with E-state index >= 15 is 0 Å². The van der Waals surface area contributed by atoms with Crippen LogP contribution in [0.25, 0.3) is 0 Å². The van der Waals surface area contributed by atoms with E-state index < -0.39 is 0 Å². The fourth-order valence-corrected chi connectivity index (χ4v) is 2.26. The first kappa shape index (κ1) is 16.5. The van der Waals surface area contributed by atoms with Gasteiger partial charge in [-0.2, -0.15) is 0 Å². The summed E-state index contributed by atoms with van der Waals surface area (Å²) in [5.41, 5.74) is 0. The van der Waals surface area contributed by atoms with Crippen molar-refractivity contribution in [3.05, 3.63) is 18.5 Å². The summed E-state index contributed by atoms with van der Waals surface area (Å²) in [7, 11) is 0. The van der Waals surface area contributed by atoms with Gasteiger partial charge in [-0.05, 0) is 26.3 Å². The van der Waals surface area contributed by atoms with Gasteiger partial charge in [0.05, 0.1) is 6.10 Å². The first-order chi connectivity index (χ1) is 10.7. The Bertz CT molecular complexity index is 447. The predicted octanol–water partition coefficient (Wildman–Crippen LogP) is 1.12. The summed E-state index contributed by atoms with van der Waals surface area (Å²) in [5.74, 6) is 0.730. The molecule has 1 saturated heterocycles. The van der Waals surface area contributed by atoms with E-state index in [4.69, 9.17) is 4.74 Å². The number of piperazine rings is 1. The molecule has 0 bridgehead atoms. The number of nitrogens with zero attached hydrogens (tertiary/aromatic N) is 4. The monoisotopic (exact) mass is 307 g/mol. The zero-order valence-corrected chi connectivity index (χ0v) is 13.4. The molecule has 0 radical (unpaired) electrons. The standard InChI is InChI=1S/C15H25N5O2/c1-13(2)22-12-4-7-18-15(21)20-10-8-19(9-11-20)14-16-5-3-6-17-14/h3,5-6,13H,4,7-12H2,1-2H3,(H,18,21). The lowest BCUT2D eigenvalue weighted by atomic mass is 10.3. The van der Waals surface area contributed by atoms with Crippen molar-refractivity contribution in [1.82, 2.24) is 20.2 Å². The maximum atomic E-state index is 12.1. The molecule has 0 spiro atoms. The SMILES string of the molecule is CC(C)OCCCNC(=O)N1CCN(c2ncccn2)CC1. The summed E-state index contributed by atoms with van der Waals surface area (Å²) in [6.45, 7) is 8.23. The number of carbonyl (C=O) groups excluding carboxylic acids is 1. The van der Waals surface area contributed by atoms with Crippen LogP contribution < -0.4 is 10.2 Å². The molecule has 0 aliphatic carbocycles. The summed E-state index contributed by atoms with van der Waals surface area (Å²) in [6.07, 6.45) is 4.55. The summed E-state index contributed by atoms with van der Waals surface area (Å²) in [4.78, 5) is 24.5. The van der Waals surface area contributed by atoms with Crippen LogP contribution in [0.1, 0.15) is 20.3 Å². The third kappa shape index (κ3) is 5.14. The average molecular weight is 307 g/mol. The molecule has 0 atom stereocenters. The van der Waals surface area contributed by atoms with Crippen molar-refractivity contribution in [2.24, 2.45) is 0 Å². The quantitative estimate of drug-likeness (QED) is 0.798. The van der Waals surface area contributed by atoms with Gasteiger partial charge in [0.15, 0.2) is 0 Å². The molecule has 1 aliphatic heterocycles. The molecule has 122 valence electrons. The summed E-state index contributed by atoms with van der Waals surface area (Å²) >= 11 is 0. The van der Waals surface area contributed by atoms with Gasteiger partial charge in [0.2, 0.25) is 5.95 Å². The van der Waals surface area contributed by atoms with Crippen molar-refractivity contribution in [2.45, 2.75) is 26.4 Å². The molecule has 1 fully saturated rings. The van der Waals surface area contributed by atoms with E-state index in [0.717, 1.165) is 25.5 Å². The molecule has 2 amide bonds. The zero-order valence-electron chi connectivity index (χ0n) is 13.4. The highest BCUT2D eigenvalue weighted by molar-refractivity contribution is 5.74. The molecule has 1 aliphatic rings. The Hall–Kier alpha value is -1.89. The van der Waals surface area contributed by atoms with Crippen molar-refractivity contribution in [2.75, 3.05) is 44.2 Å². The number of nitrogens with one attached hydrogen (secondary N) is 1. The molecular formula is C15H25N5O2. The Kier molecular flexibility index (Phi) is 6.39. The lowest BCUT2D eigenvalue weighted by Gasteiger charge is -2.34. The van der Waals surface area contributed by atoms with Gasteiger partial charge in [-0.3, -0.25) is 0 Å². The summed E-state index contributed by atoms with van der Waals surface area (Å²) in [5, 5.41) is 2.94. The van der Waals surface area contributed by atoms with Crippen LogP contribution in [-0.2, 0) is 4.74 Å². The Morgan fingerprint density at radius 3 is 2.59 bits per heavy atom. The van der Waals surface area contributed by atoms with Gasteiger partial charge in [-0.1, -0.05) is 0 Å². The molecule has 7 heteroatoms. The first-order valence-corrected chi connectivity index (χ1v) is 7.83. The van der Waals surface area contributed by atoms with Crippen LogP contribution >= 0.6 is 0 Å².